The highest BCUT2D eigenvalue weighted by Crippen LogP contribution is 2.20. The van der Waals surface area contributed by atoms with Crippen molar-refractivity contribution >= 4 is 34.7 Å². The first-order valence-electron chi connectivity index (χ1n) is 7.42. The van der Waals surface area contributed by atoms with Crippen molar-refractivity contribution in [2.45, 2.75) is 20.8 Å². The minimum Gasteiger partial charge on any atom is -0.462 e. The van der Waals surface area contributed by atoms with Crippen molar-refractivity contribution in [2.75, 3.05) is 17.2 Å². The molecule has 2 aromatic rings. The highest BCUT2D eigenvalue weighted by atomic mass is 32.1. The van der Waals surface area contributed by atoms with Crippen LogP contribution in [-0.4, -0.2) is 17.7 Å². The van der Waals surface area contributed by atoms with E-state index < -0.39 is 0 Å². The normalized spacial score (nSPS) is 10.0. The molecule has 0 bridgehead atoms. The molecule has 0 atom stereocenters. The Kier molecular flexibility index (Phi) is 5.71. The molecule has 0 fully saturated rings. The molecule has 0 amide bonds. The first kappa shape index (κ1) is 17.0. The third kappa shape index (κ3) is 4.53. The molecule has 0 saturated heterocycles. The molecule has 4 nitrogen and oxygen atoms in total. The fourth-order valence-corrected chi connectivity index (χ4v) is 2.35. The fourth-order valence-electron chi connectivity index (χ4n) is 2.12. The molecule has 2 N–H and O–H groups in total. The van der Waals surface area contributed by atoms with Gasteiger partial charge in [-0.3, -0.25) is 0 Å². The van der Waals surface area contributed by atoms with Crippen LogP contribution in [-0.2, 0) is 4.74 Å². The lowest BCUT2D eigenvalue weighted by Crippen LogP contribution is -2.20. The van der Waals surface area contributed by atoms with Crippen LogP contribution >= 0.6 is 12.2 Å². The number of anilines is 2. The standard InChI is InChI=1S/C18H20N2O2S/c1-4-22-17(21)15-6-5-7-16(13(15)3)20-18(23)19-14-10-8-12(2)9-11-14/h5-11H,4H2,1-3H3,(H2,19,20,23). The van der Waals surface area contributed by atoms with E-state index in [-0.39, 0.29) is 5.97 Å². The summed E-state index contributed by atoms with van der Waals surface area (Å²) in [7, 11) is 0. The van der Waals surface area contributed by atoms with Crippen molar-refractivity contribution in [3.8, 4) is 0 Å². The maximum Gasteiger partial charge on any atom is 0.338 e. The summed E-state index contributed by atoms with van der Waals surface area (Å²) in [6, 6.07) is 13.4. The van der Waals surface area contributed by atoms with Gasteiger partial charge in [-0.2, -0.15) is 0 Å². The van der Waals surface area contributed by atoms with E-state index in [2.05, 4.69) is 10.6 Å². The zero-order chi connectivity index (χ0) is 16.8. The van der Waals surface area contributed by atoms with Crippen LogP contribution in [0.1, 0.15) is 28.4 Å². The van der Waals surface area contributed by atoms with Crippen LogP contribution in [0.5, 0.6) is 0 Å². The molecule has 0 unspecified atom stereocenters. The Morgan fingerprint density at radius 3 is 2.43 bits per heavy atom. The second-order valence-electron chi connectivity index (χ2n) is 5.14. The van der Waals surface area contributed by atoms with Gasteiger partial charge in [0.25, 0.3) is 0 Å². The number of carbonyl (C=O) groups excluding carboxylic acids is 1. The van der Waals surface area contributed by atoms with Crippen LogP contribution in [0.15, 0.2) is 42.5 Å². The van der Waals surface area contributed by atoms with Crippen LogP contribution in [0, 0.1) is 13.8 Å². The first-order valence-corrected chi connectivity index (χ1v) is 7.83. The van der Waals surface area contributed by atoms with Crippen molar-refractivity contribution in [1.29, 1.82) is 0 Å². The van der Waals surface area contributed by atoms with Crippen molar-refractivity contribution in [3.05, 3.63) is 59.2 Å². The minimum absolute atomic E-state index is 0.328. The molecule has 2 rings (SSSR count). The predicted molar refractivity (Wildman–Crippen MR) is 98.2 cm³/mol. The first-order chi connectivity index (χ1) is 11.0. The average molecular weight is 328 g/mol. The van der Waals surface area contributed by atoms with Gasteiger partial charge < -0.3 is 15.4 Å². The van der Waals surface area contributed by atoms with E-state index in [1.165, 1.54) is 5.56 Å². The van der Waals surface area contributed by atoms with Gasteiger partial charge in [0.05, 0.1) is 12.2 Å². The summed E-state index contributed by atoms with van der Waals surface area (Å²) in [6.07, 6.45) is 0. The molecule has 0 heterocycles. The van der Waals surface area contributed by atoms with E-state index in [0.29, 0.717) is 17.3 Å². The minimum atomic E-state index is -0.328. The van der Waals surface area contributed by atoms with Gasteiger partial charge in [-0.15, -0.1) is 0 Å². The molecular weight excluding hydrogens is 308 g/mol. The maximum absolute atomic E-state index is 11.9. The van der Waals surface area contributed by atoms with Crippen LogP contribution in [0.3, 0.4) is 0 Å². The number of hydrogen-bond donors (Lipinski definition) is 2. The number of thiocarbonyl (C=S) groups is 1. The summed E-state index contributed by atoms with van der Waals surface area (Å²) >= 11 is 5.33. The lowest BCUT2D eigenvalue weighted by atomic mass is 10.1. The van der Waals surface area contributed by atoms with E-state index in [1.807, 2.05) is 44.2 Å². The van der Waals surface area contributed by atoms with Crippen LogP contribution in [0.2, 0.25) is 0 Å². The highest BCUT2D eigenvalue weighted by Gasteiger charge is 2.13. The van der Waals surface area contributed by atoms with E-state index in [1.54, 1.807) is 19.1 Å². The van der Waals surface area contributed by atoms with Crippen LogP contribution < -0.4 is 10.6 Å². The summed E-state index contributed by atoms with van der Waals surface area (Å²) in [5.74, 6) is -0.328. The van der Waals surface area contributed by atoms with Gasteiger partial charge >= 0.3 is 5.97 Å². The quantitative estimate of drug-likeness (QED) is 0.648. The molecule has 0 aliphatic rings. The molecule has 0 radical (unpaired) electrons. The van der Waals surface area contributed by atoms with Crippen LogP contribution in [0.4, 0.5) is 11.4 Å². The van der Waals surface area contributed by atoms with E-state index in [9.17, 15) is 4.79 Å². The largest absolute Gasteiger partial charge is 0.462 e. The summed E-state index contributed by atoms with van der Waals surface area (Å²) < 4.78 is 5.06. The number of ether oxygens (including phenoxy) is 1. The number of aryl methyl sites for hydroxylation is 1. The number of rotatable bonds is 4. The molecule has 0 aromatic heterocycles. The SMILES string of the molecule is CCOC(=O)c1cccc(NC(=S)Nc2ccc(C)cc2)c1C. The molecule has 0 aliphatic heterocycles. The van der Waals surface area contributed by atoms with Gasteiger partial charge in [0.15, 0.2) is 5.11 Å². The molecule has 2 aromatic carbocycles. The second-order valence-corrected chi connectivity index (χ2v) is 5.55. The predicted octanol–water partition coefficient (Wildman–Crippen LogP) is 4.29. The highest BCUT2D eigenvalue weighted by molar-refractivity contribution is 7.80. The van der Waals surface area contributed by atoms with Crippen molar-refractivity contribution in [3.63, 3.8) is 0 Å². The van der Waals surface area contributed by atoms with Gasteiger partial charge in [-0.1, -0.05) is 23.8 Å². The zero-order valence-corrected chi connectivity index (χ0v) is 14.3. The number of carbonyl (C=O) groups is 1. The van der Waals surface area contributed by atoms with E-state index >= 15 is 0 Å². The molecule has 0 saturated carbocycles. The number of esters is 1. The Morgan fingerprint density at radius 1 is 1.09 bits per heavy atom. The van der Waals surface area contributed by atoms with E-state index in [4.69, 9.17) is 17.0 Å². The number of hydrogen-bond acceptors (Lipinski definition) is 3. The van der Waals surface area contributed by atoms with Gasteiger partial charge in [-0.05, 0) is 62.8 Å². The summed E-state index contributed by atoms with van der Waals surface area (Å²) in [5.41, 5.74) is 4.22. The number of nitrogens with one attached hydrogen (secondary N) is 2. The lowest BCUT2D eigenvalue weighted by Gasteiger charge is -2.14. The maximum atomic E-state index is 11.9. The Balaban J connectivity index is 2.10. The molecular formula is C18H20N2O2S. The summed E-state index contributed by atoms with van der Waals surface area (Å²) in [5, 5.41) is 6.72. The third-order valence-corrected chi connectivity index (χ3v) is 3.59. The third-order valence-electron chi connectivity index (χ3n) is 3.39. The zero-order valence-electron chi connectivity index (χ0n) is 13.5. The van der Waals surface area contributed by atoms with Gasteiger partial charge in [0.2, 0.25) is 0 Å². The topological polar surface area (TPSA) is 50.4 Å². The van der Waals surface area contributed by atoms with Crippen molar-refractivity contribution in [2.24, 2.45) is 0 Å². The monoisotopic (exact) mass is 328 g/mol. The Bertz CT molecular complexity index is 711. The molecule has 5 heteroatoms. The Labute approximate surface area is 141 Å². The molecule has 23 heavy (non-hydrogen) atoms. The molecule has 0 aliphatic carbocycles. The Morgan fingerprint density at radius 2 is 1.78 bits per heavy atom. The van der Waals surface area contributed by atoms with Gasteiger partial charge in [0.1, 0.15) is 0 Å². The van der Waals surface area contributed by atoms with Gasteiger partial charge in [0, 0.05) is 11.4 Å². The molecule has 0 spiro atoms. The van der Waals surface area contributed by atoms with Crippen molar-refractivity contribution < 1.29 is 9.53 Å². The molecule has 120 valence electrons. The second kappa shape index (κ2) is 7.74. The summed E-state index contributed by atoms with van der Waals surface area (Å²) in [6.45, 7) is 6.03. The lowest BCUT2D eigenvalue weighted by molar-refractivity contribution is 0.0525. The fraction of sp³-hybridized carbons (Fsp3) is 0.222. The Hall–Kier alpha value is -2.40. The average Bonchev–Trinajstić information content (AvgIpc) is 2.52. The van der Waals surface area contributed by atoms with Gasteiger partial charge in [-0.25, -0.2) is 4.79 Å². The van der Waals surface area contributed by atoms with Crippen molar-refractivity contribution in [1.82, 2.24) is 0 Å². The van der Waals surface area contributed by atoms with E-state index in [0.717, 1.165) is 16.9 Å². The summed E-state index contributed by atoms with van der Waals surface area (Å²) in [4.78, 5) is 11.9. The number of benzene rings is 2. The van der Waals surface area contributed by atoms with Crippen LogP contribution in [0.25, 0.3) is 0 Å². The smallest absolute Gasteiger partial charge is 0.338 e.